The minimum atomic E-state index is -1.19. The van der Waals surface area contributed by atoms with Crippen LogP contribution in [0, 0.1) is 11.6 Å². The predicted octanol–water partition coefficient (Wildman–Crippen LogP) is 6.73. The van der Waals surface area contributed by atoms with Crippen molar-refractivity contribution >= 4 is 45.8 Å². The first-order chi connectivity index (χ1) is 22.8. The molecule has 1 unspecified atom stereocenters. The fourth-order valence-corrected chi connectivity index (χ4v) is 6.90. The van der Waals surface area contributed by atoms with Gasteiger partial charge in [-0.25, -0.2) is 23.4 Å². The standard InChI is InChI=1S/C34H42F2N6O6S/c1-32(2,3)47-30(44)38-18-10-9-15-42(17-18)25-19-13-14-34(7,46)26(19)37-16-22(25)39-27(43)24-29(41-31(45)48-33(4,5)6)49-28(40-24)23-20(35)11-8-12-21(23)36/h8,11-12,16,18,46H,9-10,13-15,17H2,1-7H3,(H,38,44)(H,39,43)(H,41,45)/t18-,34?/m0/s1. The fourth-order valence-electron chi connectivity index (χ4n) is 5.90. The summed E-state index contributed by atoms with van der Waals surface area (Å²) in [6, 6.07) is 3.09. The lowest BCUT2D eigenvalue weighted by Crippen LogP contribution is -2.49. The molecule has 2 aromatic heterocycles. The number of halogens is 2. The van der Waals surface area contributed by atoms with Crippen LogP contribution in [-0.4, -0.2) is 63.5 Å². The minimum Gasteiger partial charge on any atom is -0.444 e. The number of fused-ring (bicyclic) bond motifs is 1. The first-order valence-corrected chi connectivity index (χ1v) is 16.9. The van der Waals surface area contributed by atoms with Gasteiger partial charge in [0.2, 0.25) is 0 Å². The van der Waals surface area contributed by atoms with Crippen molar-refractivity contribution in [2.45, 2.75) is 97.0 Å². The SMILES string of the molecule is CC(C)(C)OC(=O)Nc1sc(-c2c(F)cccc2F)nc1C(=O)Nc1cnc2c(c1N1CCC[C@H](NC(=O)OC(C)(C)C)C1)CCC2(C)O. The van der Waals surface area contributed by atoms with E-state index in [1.165, 1.54) is 12.3 Å². The van der Waals surface area contributed by atoms with Crippen LogP contribution in [0.3, 0.4) is 0 Å². The Balaban J connectivity index is 1.51. The van der Waals surface area contributed by atoms with Crippen molar-refractivity contribution in [1.82, 2.24) is 15.3 Å². The number of aromatic nitrogens is 2. The molecule has 2 aliphatic rings. The molecule has 3 amide bonds. The number of ether oxygens (including phenoxy) is 2. The molecule has 3 aromatic rings. The number of pyridine rings is 1. The van der Waals surface area contributed by atoms with Crippen LogP contribution >= 0.6 is 11.3 Å². The van der Waals surface area contributed by atoms with Crippen LogP contribution in [0.25, 0.3) is 10.6 Å². The number of nitrogens with zero attached hydrogens (tertiary/aromatic N) is 3. The quantitative estimate of drug-likeness (QED) is 0.219. The van der Waals surface area contributed by atoms with Crippen LogP contribution in [0.1, 0.15) is 89.5 Å². The average Bonchev–Trinajstić information content (AvgIpc) is 3.50. The lowest BCUT2D eigenvalue weighted by Gasteiger charge is -2.37. The number of anilines is 3. The van der Waals surface area contributed by atoms with Gasteiger partial charge in [0.05, 0.1) is 28.8 Å². The molecule has 1 aliphatic carbocycles. The third kappa shape index (κ3) is 8.44. The molecule has 264 valence electrons. The van der Waals surface area contributed by atoms with Crippen molar-refractivity contribution < 1.29 is 37.7 Å². The van der Waals surface area contributed by atoms with E-state index in [1.54, 1.807) is 48.5 Å². The molecule has 0 spiro atoms. The highest BCUT2D eigenvalue weighted by Gasteiger charge is 2.39. The molecule has 4 N–H and O–H groups in total. The number of alkyl carbamates (subject to hydrolysis) is 1. The lowest BCUT2D eigenvalue weighted by molar-refractivity contribution is 0.0498. The van der Waals surface area contributed by atoms with Gasteiger partial charge < -0.3 is 30.1 Å². The van der Waals surface area contributed by atoms with Gasteiger partial charge in [-0.05, 0) is 86.3 Å². The highest BCUT2D eigenvalue weighted by atomic mass is 32.1. The maximum atomic E-state index is 14.8. The Bertz CT molecular complexity index is 1750. The van der Waals surface area contributed by atoms with Crippen LogP contribution in [0.15, 0.2) is 24.4 Å². The summed E-state index contributed by atoms with van der Waals surface area (Å²) >= 11 is 0.721. The number of aliphatic hydroxyl groups is 1. The fraction of sp³-hybridized carbons (Fsp3) is 0.500. The number of thiazole rings is 1. The number of benzene rings is 1. The van der Waals surface area contributed by atoms with Gasteiger partial charge in [-0.15, -0.1) is 0 Å². The number of hydrogen-bond acceptors (Lipinski definition) is 10. The summed E-state index contributed by atoms with van der Waals surface area (Å²) in [4.78, 5) is 50.2. The van der Waals surface area contributed by atoms with E-state index in [0.717, 1.165) is 35.5 Å². The van der Waals surface area contributed by atoms with Gasteiger partial charge in [-0.3, -0.25) is 15.1 Å². The first-order valence-electron chi connectivity index (χ1n) is 16.1. The summed E-state index contributed by atoms with van der Waals surface area (Å²) in [5.74, 6) is -2.55. The zero-order valence-electron chi connectivity index (χ0n) is 28.6. The molecule has 1 aromatic carbocycles. The summed E-state index contributed by atoms with van der Waals surface area (Å²) in [6.07, 6.45) is 2.35. The molecule has 1 fully saturated rings. The van der Waals surface area contributed by atoms with Crippen LogP contribution in [-0.2, 0) is 21.5 Å². The van der Waals surface area contributed by atoms with E-state index < -0.39 is 52.1 Å². The van der Waals surface area contributed by atoms with E-state index in [9.17, 15) is 28.3 Å². The smallest absolute Gasteiger partial charge is 0.412 e. The number of carbonyl (C=O) groups is 3. The van der Waals surface area contributed by atoms with Gasteiger partial charge in [-0.2, -0.15) is 0 Å². The Hall–Kier alpha value is -4.37. The molecule has 1 saturated heterocycles. The van der Waals surface area contributed by atoms with Crippen LogP contribution in [0.5, 0.6) is 0 Å². The summed E-state index contributed by atoms with van der Waals surface area (Å²) in [7, 11) is 0. The Morgan fingerprint density at radius 2 is 1.69 bits per heavy atom. The number of rotatable bonds is 6. The Kier molecular flexibility index (Phi) is 9.90. The normalized spacial score (nSPS) is 19.2. The summed E-state index contributed by atoms with van der Waals surface area (Å²) < 4.78 is 40.4. The molecule has 49 heavy (non-hydrogen) atoms. The second-order valence-electron chi connectivity index (χ2n) is 14.4. The van der Waals surface area contributed by atoms with Gasteiger partial charge in [0, 0.05) is 24.7 Å². The van der Waals surface area contributed by atoms with E-state index in [0.29, 0.717) is 49.4 Å². The number of carbonyl (C=O) groups excluding carboxylic acids is 3. The van der Waals surface area contributed by atoms with Gasteiger partial charge in [0.25, 0.3) is 5.91 Å². The maximum absolute atomic E-state index is 14.8. The third-order valence-electron chi connectivity index (χ3n) is 7.86. The number of hydrogen-bond donors (Lipinski definition) is 4. The Morgan fingerprint density at radius 3 is 2.35 bits per heavy atom. The molecular weight excluding hydrogens is 658 g/mol. The van der Waals surface area contributed by atoms with Gasteiger partial charge >= 0.3 is 12.2 Å². The number of piperidine rings is 1. The zero-order chi connectivity index (χ0) is 35.9. The summed E-state index contributed by atoms with van der Waals surface area (Å²) in [6.45, 7) is 13.0. The first kappa shape index (κ1) is 35.9. The van der Waals surface area contributed by atoms with Crippen LogP contribution < -0.4 is 20.9 Å². The molecule has 0 saturated carbocycles. The topological polar surface area (TPSA) is 155 Å². The van der Waals surface area contributed by atoms with Crippen molar-refractivity contribution in [3.63, 3.8) is 0 Å². The van der Waals surface area contributed by atoms with Gasteiger partial charge in [-0.1, -0.05) is 17.4 Å². The predicted molar refractivity (Wildman–Crippen MR) is 182 cm³/mol. The number of nitrogens with one attached hydrogen (secondary N) is 3. The highest BCUT2D eigenvalue weighted by Crippen LogP contribution is 2.44. The lowest BCUT2D eigenvalue weighted by atomic mass is 10.0. The summed E-state index contributed by atoms with van der Waals surface area (Å²) in [5.41, 5.74) is -1.30. The molecule has 12 nitrogen and oxygen atoms in total. The van der Waals surface area contributed by atoms with Crippen molar-refractivity contribution in [3.8, 4) is 10.6 Å². The molecule has 2 atom stereocenters. The van der Waals surface area contributed by atoms with Crippen molar-refractivity contribution in [1.29, 1.82) is 0 Å². The Morgan fingerprint density at radius 1 is 1.04 bits per heavy atom. The highest BCUT2D eigenvalue weighted by molar-refractivity contribution is 7.19. The minimum absolute atomic E-state index is 0.0809. The van der Waals surface area contributed by atoms with E-state index in [1.807, 2.05) is 4.90 Å². The monoisotopic (exact) mass is 700 g/mol. The maximum Gasteiger partial charge on any atom is 0.412 e. The Labute approximate surface area is 287 Å². The molecule has 0 radical (unpaired) electrons. The van der Waals surface area contributed by atoms with Crippen LogP contribution in [0.4, 0.5) is 34.7 Å². The van der Waals surface area contributed by atoms with E-state index in [-0.39, 0.29) is 21.7 Å². The molecule has 0 bridgehead atoms. The number of amides is 3. The molecule has 3 heterocycles. The van der Waals surface area contributed by atoms with Crippen molar-refractivity contribution in [2.75, 3.05) is 28.6 Å². The van der Waals surface area contributed by atoms with Crippen LogP contribution in [0.2, 0.25) is 0 Å². The molecule has 1 aliphatic heterocycles. The van der Waals surface area contributed by atoms with E-state index >= 15 is 0 Å². The molecular formula is C34H42F2N6O6S. The van der Waals surface area contributed by atoms with Crippen molar-refractivity contribution in [3.05, 3.63) is 53.0 Å². The molecule has 5 rings (SSSR count). The van der Waals surface area contributed by atoms with E-state index in [2.05, 4.69) is 25.9 Å². The molecule has 15 heteroatoms. The summed E-state index contributed by atoms with van der Waals surface area (Å²) in [5, 5.41) is 19.1. The average molecular weight is 701 g/mol. The second kappa shape index (κ2) is 13.5. The zero-order valence-corrected chi connectivity index (χ0v) is 29.4. The van der Waals surface area contributed by atoms with Gasteiger partial charge in [0.1, 0.15) is 38.4 Å². The largest absolute Gasteiger partial charge is 0.444 e. The van der Waals surface area contributed by atoms with E-state index in [4.69, 9.17) is 9.47 Å². The second-order valence-corrected chi connectivity index (χ2v) is 15.4. The van der Waals surface area contributed by atoms with Gasteiger partial charge in [0.15, 0.2) is 5.69 Å². The third-order valence-corrected chi connectivity index (χ3v) is 8.85. The van der Waals surface area contributed by atoms with Crippen molar-refractivity contribution in [2.24, 2.45) is 0 Å².